The van der Waals surface area contributed by atoms with Crippen LogP contribution in [0, 0.1) is 5.92 Å². The Hall–Kier alpha value is -1.46. The first-order valence-corrected chi connectivity index (χ1v) is 10.7. The van der Waals surface area contributed by atoms with E-state index in [4.69, 9.17) is 4.74 Å². The third kappa shape index (κ3) is 4.19. The summed E-state index contributed by atoms with van der Waals surface area (Å²) >= 11 is 0. The second kappa shape index (κ2) is 8.70. The molecule has 5 nitrogen and oxygen atoms in total. The Labute approximate surface area is 163 Å². The molecule has 0 bridgehead atoms. The van der Waals surface area contributed by atoms with Crippen molar-refractivity contribution in [3.63, 3.8) is 0 Å². The van der Waals surface area contributed by atoms with Crippen molar-refractivity contribution in [1.82, 2.24) is 14.8 Å². The Morgan fingerprint density at radius 2 is 2.00 bits per heavy atom. The topological polar surface area (TPSA) is 45.7 Å². The Morgan fingerprint density at radius 1 is 1.22 bits per heavy atom. The fourth-order valence-corrected chi connectivity index (χ4v) is 5.27. The number of likely N-dealkylation sites (tertiary alicyclic amines) is 2. The molecule has 0 N–H and O–H groups in total. The molecule has 2 saturated heterocycles. The molecule has 0 unspecified atom stereocenters. The quantitative estimate of drug-likeness (QED) is 0.769. The van der Waals surface area contributed by atoms with Gasteiger partial charge in [0.25, 0.3) is 0 Å². The maximum Gasteiger partial charge on any atom is 0.222 e. The van der Waals surface area contributed by atoms with E-state index in [1.54, 1.807) is 7.11 Å². The predicted octanol–water partition coefficient (Wildman–Crippen LogP) is 3.41. The molecule has 0 spiro atoms. The molecular weight excluding hydrogens is 338 g/mol. The van der Waals surface area contributed by atoms with Gasteiger partial charge in [-0.3, -0.25) is 14.7 Å². The summed E-state index contributed by atoms with van der Waals surface area (Å²) in [7, 11) is 1.80. The first-order valence-electron chi connectivity index (χ1n) is 10.7. The second-order valence-corrected chi connectivity index (χ2v) is 8.50. The molecule has 1 amide bonds. The van der Waals surface area contributed by atoms with Gasteiger partial charge >= 0.3 is 0 Å². The molecule has 3 fully saturated rings. The summed E-state index contributed by atoms with van der Waals surface area (Å²) in [5.74, 6) is 1.18. The van der Waals surface area contributed by atoms with Gasteiger partial charge in [0.1, 0.15) is 0 Å². The Morgan fingerprint density at radius 3 is 2.67 bits per heavy atom. The van der Waals surface area contributed by atoms with Crippen molar-refractivity contribution in [2.45, 2.75) is 69.6 Å². The van der Waals surface area contributed by atoms with Gasteiger partial charge in [0.15, 0.2) is 0 Å². The van der Waals surface area contributed by atoms with E-state index in [0.717, 1.165) is 51.2 Å². The van der Waals surface area contributed by atoms with Crippen LogP contribution in [0.25, 0.3) is 0 Å². The van der Waals surface area contributed by atoms with E-state index in [9.17, 15) is 4.79 Å². The Bertz CT molecular complexity index is 609. The van der Waals surface area contributed by atoms with Crippen molar-refractivity contribution in [1.29, 1.82) is 0 Å². The van der Waals surface area contributed by atoms with E-state index >= 15 is 0 Å². The van der Waals surface area contributed by atoms with Crippen LogP contribution in [0.2, 0.25) is 0 Å². The van der Waals surface area contributed by atoms with Crippen LogP contribution in [0.4, 0.5) is 0 Å². The first-order chi connectivity index (χ1) is 13.3. The van der Waals surface area contributed by atoms with Gasteiger partial charge in [0.2, 0.25) is 5.91 Å². The average Bonchev–Trinajstić information content (AvgIpc) is 3.21. The summed E-state index contributed by atoms with van der Waals surface area (Å²) in [6.45, 7) is 2.79. The summed E-state index contributed by atoms with van der Waals surface area (Å²) in [5, 5.41) is 0. The van der Waals surface area contributed by atoms with E-state index in [1.807, 2.05) is 18.5 Å². The number of carbonyl (C=O) groups is 1. The minimum atomic E-state index is 0.250. The van der Waals surface area contributed by atoms with Gasteiger partial charge < -0.3 is 9.64 Å². The van der Waals surface area contributed by atoms with Crippen LogP contribution in [-0.4, -0.2) is 59.6 Å². The van der Waals surface area contributed by atoms with E-state index in [-0.39, 0.29) is 6.10 Å². The van der Waals surface area contributed by atoms with Gasteiger partial charge in [-0.2, -0.15) is 0 Å². The number of amides is 1. The number of aromatic nitrogens is 1. The molecule has 1 saturated carbocycles. The smallest absolute Gasteiger partial charge is 0.222 e. The maximum atomic E-state index is 12.6. The number of pyridine rings is 1. The van der Waals surface area contributed by atoms with E-state index in [0.29, 0.717) is 18.0 Å². The van der Waals surface area contributed by atoms with Crippen molar-refractivity contribution < 1.29 is 9.53 Å². The monoisotopic (exact) mass is 371 g/mol. The number of hydrogen-bond donors (Lipinski definition) is 0. The van der Waals surface area contributed by atoms with Crippen LogP contribution in [-0.2, 0) is 9.53 Å². The number of piperidine rings is 1. The van der Waals surface area contributed by atoms with Gasteiger partial charge in [-0.05, 0) is 36.8 Å². The third-order valence-electron chi connectivity index (χ3n) is 6.96. The molecule has 27 heavy (non-hydrogen) atoms. The molecule has 5 heteroatoms. The standard InChI is InChI=1S/C22H33N3O2/c1-27-20-16-25(22(20)18-7-4-12-23-15-18)19-10-13-24(14-11-19)21(26)9-8-17-5-2-3-6-17/h4,7,12,15,17,19-20,22H,2-3,5-6,8-11,13-14,16H2,1H3/t20-,22-/m0/s1. The summed E-state index contributed by atoms with van der Waals surface area (Å²) in [5.41, 5.74) is 1.24. The zero-order chi connectivity index (χ0) is 18.6. The molecule has 4 rings (SSSR count). The molecule has 1 aliphatic carbocycles. The van der Waals surface area contributed by atoms with Crippen molar-refractivity contribution in [2.75, 3.05) is 26.7 Å². The fourth-order valence-electron chi connectivity index (χ4n) is 5.27. The van der Waals surface area contributed by atoms with Crippen molar-refractivity contribution in [3.8, 4) is 0 Å². The minimum Gasteiger partial charge on any atom is -0.378 e. The highest BCUT2D eigenvalue weighted by molar-refractivity contribution is 5.76. The normalized spacial score (nSPS) is 27.7. The lowest BCUT2D eigenvalue weighted by Crippen LogP contribution is -2.60. The number of nitrogens with zero attached hydrogens (tertiary/aromatic N) is 3. The van der Waals surface area contributed by atoms with E-state index < -0.39 is 0 Å². The van der Waals surface area contributed by atoms with Crippen LogP contribution in [0.15, 0.2) is 24.5 Å². The molecule has 0 aromatic carbocycles. The van der Waals surface area contributed by atoms with Crippen LogP contribution >= 0.6 is 0 Å². The van der Waals surface area contributed by atoms with Crippen molar-refractivity contribution >= 4 is 5.91 Å². The first kappa shape index (κ1) is 18.9. The lowest BCUT2D eigenvalue weighted by Gasteiger charge is -2.53. The van der Waals surface area contributed by atoms with Crippen molar-refractivity contribution in [3.05, 3.63) is 30.1 Å². The zero-order valence-corrected chi connectivity index (χ0v) is 16.6. The summed E-state index contributed by atoms with van der Waals surface area (Å²) in [6, 6.07) is 5.00. The second-order valence-electron chi connectivity index (χ2n) is 8.50. The molecule has 1 aromatic heterocycles. The minimum absolute atomic E-state index is 0.250. The maximum absolute atomic E-state index is 12.6. The summed E-state index contributed by atoms with van der Waals surface area (Å²) in [6.07, 6.45) is 13.4. The molecule has 2 atom stereocenters. The number of rotatable bonds is 6. The van der Waals surface area contributed by atoms with Gasteiger partial charge in [0.05, 0.1) is 12.1 Å². The molecule has 1 aromatic rings. The highest BCUT2D eigenvalue weighted by atomic mass is 16.5. The lowest BCUT2D eigenvalue weighted by atomic mass is 9.87. The predicted molar refractivity (Wildman–Crippen MR) is 105 cm³/mol. The third-order valence-corrected chi connectivity index (χ3v) is 6.96. The van der Waals surface area contributed by atoms with E-state index in [2.05, 4.69) is 20.9 Å². The zero-order valence-electron chi connectivity index (χ0n) is 16.6. The van der Waals surface area contributed by atoms with Crippen LogP contribution < -0.4 is 0 Å². The summed E-state index contributed by atoms with van der Waals surface area (Å²) < 4.78 is 5.68. The number of methoxy groups -OCH3 is 1. The lowest BCUT2D eigenvalue weighted by molar-refractivity contribution is -0.138. The molecule has 2 aliphatic heterocycles. The SMILES string of the molecule is CO[C@H]1CN(C2CCN(C(=O)CCC3CCCC3)CC2)[C@H]1c1cccnc1. The van der Waals surface area contributed by atoms with Gasteiger partial charge in [-0.15, -0.1) is 0 Å². The van der Waals surface area contributed by atoms with Gasteiger partial charge in [-0.25, -0.2) is 0 Å². The highest BCUT2D eigenvalue weighted by Gasteiger charge is 2.44. The number of hydrogen-bond acceptors (Lipinski definition) is 4. The highest BCUT2D eigenvalue weighted by Crippen LogP contribution is 2.39. The Balaban J connectivity index is 1.28. The van der Waals surface area contributed by atoms with Gasteiger partial charge in [-0.1, -0.05) is 31.7 Å². The molecule has 0 radical (unpaired) electrons. The van der Waals surface area contributed by atoms with Crippen molar-refractivity contribution in [2.24, 2.45) is 5.92 Å². The van der Waals surface area contributed by atoms with Gasteiger partial charge in [0, 0.05) is 51.6 Å². The number of carbonyl (C=O) groups excluding carboxylic acids is 1. The number of ether oxygens (including phenoxy) is 1. The molecule has 148 valence electrons. The summed E-state index contributed by atoms with van der Waals surface area (Å²) in [4.78, 5) is 21.5. The van der Waals surface area contributed by atoms with Crippen LogP contribution in [0.3, 0.4) is 0 Å². The van der Waals surface area contributed by atoms with E-state index in [1.165, 1.54) is 31.2 Å². The fraction of sp³-hybridized carbons (Fsp3) is 0.727. The molecular formula is C22H33N3O2. The average molecular weight is 372 g/mol. The van der Waals surface area contributed by atoms with Crippen LogP contribution in [0.5, 0.6) is 0 Å². The molecule has 3 heterocycles. The Kier molecular flexibility index (Phi) is 6.08. The molecule has 3 aliphatic rings. The largest absolute Gasteiger partial charge is 0.378 e. The van der Waals surface area contributed by atoms with Crippen LogP contribution in [0.1, 0.15) is 63.0 Å².